The first-order valence-electron chi connectivity index (χ1n) is 8.02. The summed E-state index contributed by atoms with van der Waals surface area (Å²) in [6.07, 6.45) is 1.87. The lowest BCUT2D eigenvalue weighted by molar-refractivity contribution is 0.0650. The molecular weight excluding hydrogens is 350 g/mol. The van der Waals surface area contributed by atoms with Crippen LogP contribution in [0.25, 0.3) is 21.1 Å². The molecule has 1 amide bonds. The smallest absolute Gasteiger partial charge is 0.273 e. The van der Waals surface area contributed by atoms with Gasteiger partial charge in [0.2, 0.25) is 0 Å². The molecule has 3 aromatic heterocycles. The number of thiophene rings is 1. The van der Waals surface area contributed by atoms with Gasteiger partial charge in [0.25, 0.3) is 5.91 Å². The van der Waals surface area contributed by atoms with Gasteiger partial charge < -0.3 is 4.90 Å². The third-order valence-corrected chi connectivity index (χ3v) is 6.07. The Morgan fingerprint density at radius 3 is 2.48 bits per heavy atom. The third kappa shape index (κ3) is 3.65. The summed E-state index contributed by atoms with van der Waals surface area (Å²) in [5, 5.41) is 4.65. The molecule has 3 heterocycles. The van der Waals surface area contributed by atoms with Crippen molar-refractivity contribution >= 4 is 28.6 Å². The molecule has 0 bridgehead atoms. The van der Waals surface area contributed by atoms with Crippen LogP contribution in [0.1, 0.15) is 36.8 Å². The highest BCUT2D eigenvalue weighted by Gasteiger charge is 2.25. The molecule has 0 N–H and O–H groups in total. The quantitative estimate of drug-likeness (QED) is 0.642. The minimum Gasteiger partial charge on any atom is -0.336 e. The highest BCUT2D eigenvalue weighted by Crippen LogP contribution is 2.30. The summed E-state index contributed by atoms with van der Waals surface area (Å²) in [6.45, 7) is 8.12. The lowest BCUT2D eigenvalue weighted by atomic mass is 10.1. The van der Waals surface area contributed by atoms with Crippen LogP contribution < -0.4 is 0 Å². The fraction of sp³-hybridized carbons (Fsp3) is 0.316. The van der Waals surface area contributed by atoms with Crippen molar-refractivity contribution in [2.75, 3.05) is 7.05 Å². The van der Waals surface area contributed by atoms with Crippen molar-refractivity contribution in [2.45, 2.75) is 33.2 Å². The van der Waals surface area contributed by atoms with Gasteiger partial charge in [-0.1, -0.05) is 0 Å². The van der Waals surface area contributed by atoms with E-state index in [0.717, 1.165) is 16.3 Å². The number of nitrogens with zero attached hydrogens (tertiary/aromatic N) is 3. The van der Waals surface area contributed by atoms with Crippen molar-refractivity contribution < 1.29 is 4.79 Å². The fourth-order valence-corrected chi connectivity index (χ4v) is 3.98. The van der Waals surface area contributed by atoms with Crippen molar-refractivity contribution in [3.63, 3.8) is 0 Å². The summed E-state index contributed by atoms with van der Waals surface area (Å²) in [6, 6.07) is 6.14. The number of aryl methyl sites for hydroxylation is 1. The molecule has 0 saturated heterocycles. The number of carbonyl (C=O) groups is 1. The zero-order chi connectivity index (χ0) is 18.2. The van der Waals surface area contributed by atoms with E-state index in [1.54, 1.807) is 28.7 Å². The van der Waals surface area contributed by atoms with Crippen molar-refractivity contribution in [3.05, 3.63) is 46.4 Å². The summed E-state index contributed by atoms with van der Waals surface area (Å²) < 4.78 is 0. The van der Waals surface area contributed by atoms with Gasteiger partial charge in [-0.15, -0.1) is 22.7 Å². The molecule has 0 atom stereocenters. The van der Waals surface area contributed by atoms with Crippen molar-refractivity contribution in [2.24, 2.45) is 0 Å². The summed E-state index contributed by atoms with van der Waals surface area (Å²) >= 11 is 3.16. The maximum Gasteiger partial charge on any atom is 0.273 e. The van der Waals surface area contributed by atoms with Crippen LogP contribution in [0.3, 0.4) is 0 Å². The molecule has 0 aliphatic carbocycles. The highest BCUT2D eigenvalue weighted by atomic mass is 32.1. The largest absolute Gasteiger partial charge is 0.336 e. The topological polar surface area (TPSA) is 46.1 Å². The van der Waals surface area contributed by atoms with E-state index in [9.17, 15) is 4.79 Å². The molecule has 25 heavy (non-hydrogen) atoms. The Morgan fingerprint density at radius 2 is 1.92 bits per heavy atom. The number of aromatic nitrogens is 2. The lowest BCUT2D eigenvalue weighted by Crippen LogP contribution is -2.42. The molecule has 3 aromatic rings. The van der Waals surface area contributed by atoms with Crippen LogP contribution in [0.5, 0.6) is 0 Å². The molecule has 130 valence electrons. The number of amides is 1. The zero-order valence-electron chi connectivity index (χ0n) is 15.0. The van der Waals surface area contributed by atoms with Gasteiger partial charge in [0, 0.05) is 34.6 Å². The molecule has 0 spiro atoms. The van der Waals surface area contributed by atoms with Crippen LogP contribution in [0.2, 0.25) is 0 Å². The zero-order valence-corrected chi connectivity index (χ0v) is 16.7. The molecule has 4 nitrogen and oxygen atoms in total. The van der Waals surface area contributed by atoms with Gasteiger partial charge in [0.05, 0.1) is 5.69 Å². The maximum atomic E-state index is 12.5. The minimum absolute atomic E-state index is 0.0687. The van der Waals surface area contributed by atoms with Gasteiger partial charge in [0.1, 0.15) is 10.7 Å². The Bertz CT molecular complexity index is 888. The van der Waals surface area contributed by atoms with Crippen LogP contribution in [0.15, 0.2) is 35.2 Å². The standard InChI is InChI=1S/C19H21N3OS2/c1-12-8-9-24-16(12)13-6-7-14(20-10-13)17-21-15(11-25-17)18(23)22(5)19(2,3)4/h6-11H,1-5H3. The van der Waals surface area contributed by atoms with Crippen LogP contribution in [0, 0.1) is 6.92 Å². The van der Waals surface area contributed by atoms with Gasteiger partial charge in [-0.2, -0.15) is 0 Å². The second-order valence-electron chi connectivity index (χ2n) is 6.94. The molecule has 0 aliphatic heterocycles. The molecule has 0 aliphatic rings. The third-order valence-electron chi connectivity index (χ3n) is 4.14. The Labute approximate surface area is 156 Å². The number of hydrogen-bond donors (Lipinski definition) is 0. The van der Waals surface area contributed by atoms with Crippen molar-refractivity contribution in [3.8, 4) is 21.1 Å². The van der Waals surface area contributed by atoms with Gasteiger partial charge >= 0.3 is 0 Å². The molecule has 0 radical (unpaired) electrons. The SMILES string of the molecule is Cc1ccsc1-c1ccc(-c2nc(C(=O)N(C)C(C)(C)C)cs2)nc1. The second-order valence-corrected chi connectivity index (χ2v) is 8.71. The van der Waals surface area contributed by atoms with E-state index in [-0.39, 0.29) is 11.4 Å². The van der Waals surface area contributed by atoms with Gasteiger partial charge in [-0.25, -0.2) is 4.98 Å². The van der Waals surface area contributed by atoms with E-state index in [1.807, 2.05) is 33.0 Å². The Kier molecular flexibility index (Phi) is 4.75. The molecule has 0 fully saturated rings. The summed E-state index contributed by atoms with van der Waals surface area (Å²) in [4.78, 5) is 24.5. The van der Waals surface area contributed by atoms with Gasteiger partial charge in [-0.05, 0) is 56.8 Å². The molecular formula is C19H21N3OS2. The normalized spacial score (nSPS) is 11.6. The average Bonchev–Trinajstić information content (AvgIpc) is 3.22. The Morgan fingerprint density at radius 1 is 1.16 bits per heavy atom. The summed E-state index contributed by atoms with van der Waals surface area (Å²) in [5.41, 5.74) is 3.39. The predicted octanol–water partition coefficient (Wildman–Crippen LogP) is 5.11. The van der Waals surface area contributed by atoms with Crippen molar-refractivity contribution in [1.29, 1.82) is 0 Å². The maximum absolute atomic E-state index is 12.5. The van der Waals surface area contributed by atoms with Gasteiger partial charge in [-0.3, -0.25) is 9.78 Å². The molecule has 0 aromatic carbocycles. The second kappa shape index (κ2) is 6.69. The molecule has 0 unspecified atom stereocenters. The van der Waals surface area contributed by atoms with E-state index < -0.39 is 0 Å². The average molecular weight is 372 g/mol. The van der Waals surface area contributed by atoms with E-state index in [2.05, 4.69) is 34.4 Å². The van der Waals surface area contributed by atoms with Crippen molar-refractivity contribution in [1.82, 2.24) is 14.9 Å². The Hall–Kier alpha value is -2.05. The molecule has 3 rings (SSSR count). The first-order valence-corrected chi connectivity index (χ1v) is 9.78. The van der Waals surface area contributed by atoms with E-state index in [1.165, 1.54) is 21.8 Å². The number of thiazole rings is 1. The number of carbonyl (C=O) groups excluding carboxylic acids is 1. The first kappa shape index (κ1) is 17.8. The monoisotopic (exact) mass is 371 g/mol. The number of rotatable bonds is 3. The minimum atomic E-state index is -0.237. The van der Waals surface area contributed by atoms with Crippen LogP contribution in [-0.2, 0) is 0 Å². The van der Waals surface area contributed by atoms with Gasteiger partial charge in [0.15, 0.2) is 0 Å². The Balaban J connectivity index is 1.83. The van der Waals surface area contributed by atoms with Crippen LogP contribution >= 0.6 is 22.7 Å². The lowest BCUT2D eigenvalue weighted by Gasteiger charge is -2.31. The fourth-order valence-electron chi connectivity index (χ4n) is 2.29. The molecule has 6 heteroatoms. The summed E-state index contributed by atoms with van der Waals surface area (Å²) in [7, 11) is 1.80. The first-order chi connectivity index (χ1) is 11.8. The van der Waals surface area contributed by atoms with Crippen LogP contribution in [-0.4, -0.2) is 33.4 Å². The van der Waals surface area contributed by atoms with E-state index >= 15 is 0 Å². The summed E-state index contributed by atoms with van der Waals surface area (Å²) in [5.74, 6) is -0.0687. The highest BCUT2D eigenvalue weighted by molar-refractivity contribution is 7.14. The molecule has 0 saturated carbocycles. The predicted molar refractivity (Wildman–Crippen MR) is 105 cm³/mol. The number of pyridine rings is 1. The van der Waals surface area contributed by atoms with E-state index in [0.29, 0.717) is 5.69 Å². The number of hydrogen-bond acceptors (Lipinski definition) is 5. The van der Waals surface area contributed by atoms with Crippen LogP contribution in [0.4, 0.5) is 0 Å². The van der Waals surface area contributed by atoms with E-state index in [4.69, 9.17) is 0 Å².